The van der Waals surface area contributed by atoms with E-state index in [1.54, 1.807) is 12.1 Å². The van der Waals surface area contributed by atoms with Gasteiger partial charge in [0, 0.05) is 0 Å². The van der Waals surface area contributed by atoms with Gasteiger partial charge in [-0.05, 0) is 78.8 Å². The van der Waals surface area contributed by atoms with Crippen molar-refractivity contribution in [1.29, 1.82) is 0 Å². The highest BCUT2D eigenvalue weighted by Gasteiger charge is 2.23. The molecule has 0 saturated carbocycles. The lowest BCUT2D eigenvalue weighted by molar-refractivity contribution is 0.627. The Bertz CT molecular complexity index is 803. The number of fused-ring (bicyclic) bond motifs is 1. The zero-order valence-electron chi connectivity index (χ0n) is 17.7. The average molecular weight is 365 g/mol. The predicted octanol–water partition coefficient (Wildman–Crippen LogP) is 8.56. The molecule has 0 radical (unpaired) electrons. The molecule has 2 aromatic carbocycles. The van der Waals surface area contributed by atoms with E-state index in [2.05, 4.69) is 38.6 Å². The van der Waals surface area contributed by atoms with Crippen molar-refractivity contribution in [1.82, 2.24) is 0 Å². The highest BCUT2D eigenvalue weighted by molar-refractivity contribution is 6.05. The summed E-state index contributed by atoms with van der Waals surface area (Å²) in [4.78, 5) is 0. The smallest absolute Gasteiger partial charge is 0.123 e. The molecule has 3 rings (SSSR count). The first-order valence-electron chi connectivity index (χ1n) is 9.83. The summed E-state index contributed by atoms with van der Waals surface area (Å²) in [6, 6.07) is 15.4. The van der Waals surface area contributed by atoms with Gasteiger partial charge in [-0.1, -0.05) is 69.2 Å². The monoisotopic (exact) mass is 364 g/mol. The third-order valence-electron chi connectivity index (χ3n) is 4.06. The van der Waals surface area contributed by atoms with Crippen LogP contribution in [0.2, 0.25) is 0 Å². The molecule has 0 spiro atoms. The van der Waals surface area contributed by atoms with E-state index in [9.17, 15) is 4.39 Å². The van der Waals surface area contributed by atoms with Crippen LogP contribution in [0.1, 0.15) is 71.1 Å². The van der Waals surface area contributed by atoms with Gasteiger partial charge < -0.3 is 0 Å². The number of allylic oxidation sites excluding steroid dienone is 4. The predicted molar refractivity (Wildman–Crippen MR) is 120 cm³/mol. The average Bonchev–Trinajstić information content (AvgIpc) is 2.89. The molecule has 0 unspecified atom stereocenters. The number of rotatable bonds is 3. The van der Waals surface area contributed by atoms with Crippen molar-refractivity contribution in [3.8, 4) is 0 Å². The molecule has 1 aliphatic rings. The van der Waals surface area contributed by atoms with Gasteiger partial charge in [0.15, 0.2) is 0 Å². The Morgan fingerprint density at radius 3 is 2.15 bits per heavy atom. The zero-order chi connectivity index (χ0) is 20.4. The van der Waals surface area contributed by atoms with E-state index in [1.807, 2.05) is 52.0 Å². The summed E-state index contributed by atoms with van der Waals surface area (Å²) in [6.07, 6.45) is 4.27. The van der Waals surface area contributed by atoms with Gasteiger partial charge >= 0.3 is 0 Å². The number of halogens is 1. The summed E-state index contributed by atoms with van der Waals surface area (Å²) in [6.45, 7) is 15.8. The Morgan fingerprint density at radius 1 is 1.00 bits per heavy atom. The van der Waals surface area contributed by atoms with Crippen LogP contribution in [0.4, 0.5) is 4.39 Å². The number of hydrogen-bond donors (Lipinski definition) is 0. The van der Waals surface area contributed by atoms with E-state index < -0.39 is 0 Å². The Kier molecular flexibility index (Phi) is 9.50. The van der Waals surface area contributed by atoms with E-state index in [0.29, 0.717) is 0 Å². The van der Waals surface area contributed by atoms with Crippen molar-refractivity contribution in [2.75, 3.05) is 0 Å². The Balaban J connectivity index is 0.000000541. The molecule has 2 aromatic rings. The summed E-state index contributed by atoms with van der Waals surface area (Å²) in [5.74, 6) is -0.156. The molecule has 27 heavy (non-hydrogen) atoms. The third-order valence-corrected chi connectivity index (χ3v) is 4.06. The summed E-state index contributed by atoms with van der Waals surface area (Å²) < 4.78 is 13.6. The topological polar surface area (TPSA) is 0 Å². The van der Waals surface area contributed by atoms with Gasteiger partial charge in [0.2, 0.25) is 0 Å². The van der Waals surface area contributed by atoms with Gasteiger partial charge in [0.05, 0.1) is 0 Å². The fourth-order valence-electron chi connectivity index (χ4n) is 3.04. The maximum Gasteiger partial charge on any atom is 0.123 e. The van der Waals surface area contributed by atoms with Crippen molar-refractivity contribution >= 4 is 17.2 Å². The maximum absolute atomic E-state index is 13.6. The molecule has 0 N–H and O–H groups in total. The number of hydrogen-bond acceptors (Lipinski definition) is 0. The largest absolute Gasteiger partial charge is 0.207 e. The Morgan fingerprint density at radius 2 is 1.59 bits per heavy atom. The van der Waals surface area contributed by atoms with Gasteiger partial charge in [-0.25, -0.2) is 4.39 Å². The lowest BCUT2D eigenvalue weighted by Gasteiger charge is -2.04. The van der Waals surface area contributed by atoms with Crippen LogP contribution in [0.25, 0.3) is 17.2 Å². The lowest BCUT2D eigenvalue weighted by atomic mass is 10.0. The van der Waals surface area contributed by atoms with Gasteiger partial charge in [-0.3, -0.25) is 0 Å². The lowest BCUT2D eigenvalue weighted by Crippen LogP contribution is -1.86. The van der Waals surface area contributed by atoms with Crippen LogP contribution in [0, 0.1) is 5.82 Å². The first-order chi connectivity index (χ1) is 12.9. The minimum absolute atomic E-state index is 0.156. The van der Waals surface area contributed by atoms with Crippen molar-refractivity contribution < 1.29 is 4.39 Å². The third kappa shape index (κ3) is 6.36. The molecule has 0 aromatic heterocycles. The molecule has 0 amide bonds. The fraction of sp³-hybridized carbons (Fsp3) is 0.308. The maximum atomic E-state index is 13.6. The minimum Gasteiger partial charge on any atom is -0.207 e. The van der Waals surface area contributed by atoms with Crippen LogP contribution >= 0.6 is 0 Å². The first kappa shape index (κ1) is 22.6. The summed E-state index contributed by atoms with van der Waals surface area (Å²) in [5, 5.41) is 0. The standard InChI is InChI=1S/C20H19F.C4H8.C2H6/c1-3-7-17-14(2)19(12-15-8-5-4-6-9-15)18-11-10-16(21)13-20(17)18;1-4(2)3;1-2/h4-6,8-13H,3,7H2,1-2H3;1H2,2-3H3;1-2H3/b19-12-;;. The van der Waals surface area contributed by atoms with Crippen LogP contribution < -0.4 is 0 Å². The minimum atomic E-state index is -0.156. The van der Waals surface area contributed by atoms with Gasteiger partial charge in [-0.15, -0.1) is 6.58 Å². The number of benzene rings is 2. The van der Waals surface area contributed by atoms with Crippen LogP contribution in [0.5, 0.6) is 0 Å². The second-order valence-electron chi connectivity index (χ2n) is 6.72. The second-order valence-corrected chi connectivity index (χ2v) is 6.72. The molecule has 0 heterocycles. The van der Waals surface area contributed by atoms with E-state index in [4.69, 9.17) is 0 Å². The fourth-order valence-corrected chi connectivity index (χ4v) is 3.04. The van der Waals surface area contributed by atoms with Crippen molar-refractivity contribution in [2.45, 2.75) is 54.4 Å². The summed E-state index contributed by atoms with van der Waals surface area (Å²) in [7, 11) is 0. The highest BCUT2D eigenvalue weighted by Crippen LogP contribution is 2.44. The van der Waals surface area contributed by atoms with Gasteiger partial charge in [-0.2, -0.15) is 0 Å². The Hall–Kier alpha value is -2.41. The SMILES string of the molecule is C=C(C)C.CC.CCCC1=C(C)/C(=C/c2ccccc2)c2ccc(F)cc21. The van der Waals surface area contributed by atoms with E-state index in [-0.39, 0.29) is 5.82 Å². The van der Waals surface area contributed by atoms with Crippen molar-refractivity contribution in [2.24, 2.45) is 0 Å². The molecule has 1 aliphatic carbocycles. The Labute approximate surface area is 165 Å². The van der Waals surface area contributed by atoms with Crippen LogP contribution in [-0.2, 0) is 0 Å². The highest BCUT2D eigenvalue weighted by atomic mass is 19.1. The van der Waals surface area contributed by atoms with Gasteiger partial charge in [0.25, 0.3) is 0 Å². The second kappa shape index (κ2) is 11.3. The first-order valence-corrected chi connectivity index (χ1v) is 9.83. The molecule has 0 bridgehead atoms. The molecule has 0 aliphatic heterocycles. The van der Waals surface area contributed by atoms with E-state index >= 15 is 0 Å². The van der Waals surface area contributed by atoms with Crippen molar-refractivity contribution in [3.05, 3.63) is 88.8 Å². The molecular weight excluding hydrogens is 331 g/mol. The molecule has 1 heteroatoms. The van der Waals surface area contributed by atoms with Crippen LogP contribution in [0.15, 0.2) is 66.3 Å². The zero-order valence-corrected chi connectivity index (χ0v) is 17.7. The summed E-state index contributed by atoms with van der Waals surface area (Å²) >= 11 is 0. The molecule has 0 fully saturated rings. The quantitative estimate of drug-likeness (QED) is 0.478. The molecular formula is C26H33F. The summed E-state index contributed by atoms with van der Waals surface area (Å²) in [5.41, 5.74) is 8.35. The van der Waals surface area contributed by atoms with Crippen LogP contribution in [-0.4, -0.2) is 0 Å². The van der Waals surface area contributed by atoms with Crippen LogP contribution in [0.3, 0.4) is 0 Å². The van der Waals surface area contributed by atoms with Crippen molar-refractivity contribution in [3.63, 3.8) is 0 Å². The molecule has 0 nitrogen and oxygen atoms in total. The molecule has 144 valence electrons. The van der Waals surface area contributed by atoms with Gasteiger partial charge in [0.1, 0.15) is 5.82 Å². The molecule has 0 saturated heterocycles. The normalized spacial score (nSPS) is 13.4. The van der Waals surface area contributed by atoms with E-state index in [1.165, 1.54) is 27.9 Å². The molecule has 0 atom stereocenters. The van der Waals surface area contributed by atoms with E-state index in [0.717, 1.165) is 24.0 Å².